The molecule has 0 amide bonds. The summed E-state index contributed by atoms with van der Waals surface area (Å²) in [4.78, 5) is 0. The predicted molar refractivity (Wildman–Crippen MR) is 52.8 cm³/mol. The lowest BCUT2D eigenvalue weighted by Crippen LogP contribution is -2.03. The van der Waals surface area contributed by atoms with Crippen molar-refractivity contribution in [3.8, 4) is 0 Å². The summed E-state index contributed by atoms with van der Waals surface area (Å²) in [5, 5.41) is 8.98. The van der Waals surface area contributed by atoms with Crippen molar-refractivity contribution in [3.63, 3.8) is 0 Å². The summed E-state index contributed by atoms with van der Waals surface area (Å²) < 4.78 is 10.1. The molecule has 3 heteroatoms. The maximum Gasteiger partial charge on any atom is 0.0700 e. The molecule has 0 aliphatic rings. The molecule has 1 atom stereocenters. The zero-order valence-corrected chi connectivity index (χ0v) is 8.79. The molecule has 0 aromatic rings. The smallest absolute Gasteiger partial charge is 0.0700 e. The molecule has 0 rings (SSSR count). The van der Waals surface area contributed by atoms with Crippen LogP contribution in [-0.2, 0) is 9.47 Å². The Labute approximate surface area is 81.0 Å². The lowest BCUT2D eigenvalue weighted by Gasteiger charge is -2.04. The van der Waals surface area contributed by atoms with Crippen LogP contribution in [0.25, 0.3) is 0 Å². The molecular weight excluding hydrogens is 168 g/mol. The van der Waals surface area contributed by atoms with Crippen molar-refractivity contribution >= 4 is 0 Å². The lowest BCUT2D eigenvalue weighted by molar-refractivity contribution is 0.0681. The fraction of sp³-hybridized carbons (Fsp3) is 1.00. The van der Waals surface area contributed by atoms with Crippen molar-refractivity contribution in [3.05, 3.63) is 0 Å². The maximum atomic E-state index is 8.98. The van der Waals surface area contributed by atoms with Crippen LogP contribution >= 0.6 is 0 Å². The third-order valence-corrected chi connectivity index (χ3v) is 1.84. The molecule has 0 aromatic heterocycles. The number of aliphatic hydroxyl groups excluding tert-OH is 1. The van der Waals surface area contributed by atoms with E-state index in [-0.39, 0.29) is 6.10 Å². The summed E-state index contributed by atoms with van der Waals surface area (Å²) in [7, 11) is 1.67. The van der Waals surface area contributed by atoms with E-state index in [4.69, 9.17) is 14.6 Å². The van der Waals surface area contributed by atoms with Gasteiger partial charge in [-0.1, -0.05) is 12.8 Å². The summed E-state index contributed by atoms with van der Waals surface area (Å²) in [6.45, 7) is 4.00. The molecular formula is C10H22O3. The fourth-order valence-corrected chi connectivity index (χ4v) is 1.06. The van der Waals surface area contributed by atoms with Crippen LogP contribution in [0.4, 0.5) is 0 Å². The normalized spacial score (nSPS) is 13.2. The second-order valence-electron chi connectivity index (χ2n) is 3.30. The van der Waals surface area contributed by atoms with E-state index in [1.54, 1.807) is 7.11 Å². The van der Waals surface area contributed by atoms with Gasteiger partial charge in [0.25, 0.3) is 0 Å². The SMILES string of the molecule is COCCOCCCCCC(C)O. The zero-order chi connectivity index (χ0) is 9.94. The van der Waals surface area contributed by atoms with Crippen LogP contribution in [0, 0.1) is 0 Å². The van der Waals surface area contributed by atoms with Gasteiger partial charge in [-0.3, -0.25) is 0 Å². The zero-order valence-electron chi connectivity index (χ0n) is 8.79. The van der Waals surface area contributed by atoms with Crippen molar-refractivity contribution in [2.75, 3.05) is 26.9 Å². The second-order valence-corrected chi connectivity index (χ2v) is 3.30. The van der Waals surface area contributed by atoms with Crippen molar-refractivity contribution in [2.45, 2.75) is 38.7 Å². The average molecular weight is 190 g/mol. The fourth-order valence-electron chi connectivity index (χ4n) is 1.06. The van der Waals surface area contributed by atoms with E-state index in [2.05, 4.69) is 0 Å². The highest BCUT2D eigenvalue weighted by Gasteiger charge is 1.95. The van der Waals surface area contributed by atoms with Gasteiger partial charge in [-0.25, -0.2) is 0 Å². The van der Waals surface area contributed by atoms with Crippen molar-refractivity contribution in [1.82, 2.24) is 0 Å². The van der Waals surface area contributed by atoms with Gasteiger partial charge in [0.2, 0.25) is 0 Å². The molecule has 3 nitrogen and oxygen atoms in total. The largest absolute Gasteiger partial charge is 0.393 e. The molecule has 0 spiro atoms. The molecule has 0 aliphatic carbocycles. The van der Waals surface area contributed by atoms with Gasteiger partial charge in [0.1, 0.15) is 0 Å². The van der Waals surface area contributed by atoms with E-state index in [1.165, 1.54) is 0 Å². The first-order valence-electron chi connectivity index (χ1n) is 5.02. The van der Waals surface area contributed by atoms with E-state index < -0.39 is 0 Å². The average Bonchev–Trinajstić information content (AvgIpc) is 2.09. The lowest BCUT2D eigenvalue weighted by atomic mass is 10.1. The van der Waals surface area contributed by atoms with E-state index in [9.17, 15) is 0 Å². The first-order valence-corrected chi connectivity index (χ1v) is 5.02. The van der Waals surface area contributed by atoms with Crippen molar-refractivity contribution in [2.24, 2.45) is 0 Å². The molecule has 0 aliphatic heterocycles. The van der Waals surface area contributed by atoms with Gasteiger partial charge in [0.05, 0.1) is 19.3 Å². The van der Waals surface area contributed by atoms with Crippen molar-refractivity contribution in [1.29, 1.82) is 0 Å². The van der Waals surface area contributed by atoms with Crippen LogP contribution in [-0.4, -0.2) is 38.1 Å². The second kappa shape index (κ2) is 9.96. The van der Waals surface area contributed by atoms with Crippen LogP contribution in [0.2, 0.25) is 0 Å². The van der Waals surface area contributed by atoms with Gasteiger partial charge in [-0.05, 0) is 19.8 Å². The van der Waals surface area contributed by atoms with Gasteiger partial charge in [-0.2, -0.15) is 0 Å². The summed E-state index contributed by atoms with van der Waals surface area (Å²) >= 11 is 0. The molecule has 13 heavy (non-hydrogen) atoms. The minimum Gasteiger partial charge on any atom is -0.393 e. The van der Waals surface area contributed by atoms with Crippen LogP contribution in [0.1, 0.15) is 32.6 Å². The Balaban J connectivity index is 2.84. The molecule has 0 heterocycles. The molecule has 1 N–H and O–H groups in total. The predicted octanol–water partition coefficient (Wildman–Crippen LogP) is 1.59. The van der Waals surface area contributed by atoms with Crippen LogP contribution in [0.3, 0.4) is 0 Å². The molecule has 0 aromatic carbocycles. The molecule has 0 saturated heterocycles. The number of rotatable bonds is 9. The number of aliphatic hydroxyl groups is 1. The molecule has 0 bridgehead atoms. The Morgan fingerprint density at radius 2 is 1.85 bits per heavy atom. The van der Waals surface area contributed by atoms with Gasteiger partial charge in [-0.15, -0.1) is 0 Å². The highest BCUT2D eigenvalue weighted by atomic mass is 16.5. The van der Waals surface area contributed by atoms with E-state index >= 15 is 0 Å². The Kier molecular flexibility index (Phi) is 9.87. The van der Waals surface area contributed by atoms with Gasteiger partial charge < -0.3 is 14.6 Å². The van der Waals surface area contributed by atoms with Gasteiger partial charge in [0, 0.05) is 13.7 Å². The number of ether oxygens (including phenoxy) is 2. The third-order valence-electron chi connectivity index (χ3n) is 1.84. The summed E-state index contributed by atoms with van der Waals surface area (Å²) in [6, 6.07) is 0. The minimum absolute atomic E-state index is 0.158. The monoisotopic (exact) mass is 190 g/mol. The molecule has 0 fully saturated rings. The van der Waals surface area contributed by atoms with E-state index in [0.717, 1.165) is 32.3 Å². The Morgan fingerprint density at radius 1 is 1.08 bits per heavy atom. The van der Waals surface area contributed by atoms with E-state index in [1.807, 2.05) is 6.92 Å². The molecule has 0 radical (unpaired) electrons. The third kappa shape index (κ3) is 11.9. The number of unbranched alkanes of at least 4 members (excludes halogenated alkanes) is 2. The Hall–Kier alpha value is -0.120. The van der Waals surface area contributed by atoms with E-state index in [0.29, 0.717) is 13.2 Å². The van der Waals surface area contributed by atoms with Crippen molar-refractivity contribution < 1.29 is 14.6 Å². The number of hydrogen-bond donors (Lipinski definition) is 1. The highest BCUT2D eigenvalue weighted by Crippen LogP contribution is 2.02. The van der Waals surface area contributed by atoms with Gasteiger partial charge in [0.15, 0.2) is 0 Å². The molecule has 1 unspecified atom stereocenters. The first-order chi connectivity index (χ1) is 6.27. The summed E-state index contributed by atoms with van der Waals surface area (Å²) in [5.41, 5.74) is 0. The Morgan fingerprint density at radius 3 is 2.46 bits per heavy atom. The van der Waals surface area contributed by atoms with Crippen LogP contribution in [0.15, 0.2) is 0 Å². The quantitative estimate of drug-likeness (QED) is 0.561. The Bertz CT molecular complexity index is 94.2. The molecule has 80 valence electrons. The summed E-state index contributed by atoms with van der Waals surface area (Å²) in [5.74, 6) is 0. The highest BCUT2D eigenvalue weighted by molar-refractivity contribution is 4.48. The minimum atomic E-state index is -0.158. The first kappa shape index (κ1) is 12.9. The maximum absolute atomic E-state index is 8.98. The van der Waals surface area contributed by atoms with Crippen LogP contribution in [0.5, 0.6) is 0 Å². The number of hydrogen-bond acceptors (Lipinski definition) is 3. The van der Waals surface area contributed by atoms with Crippen LogP contribution < -0.4 is 0 Å². The standard InChI is InChI=1S/C10H22O3/c1-10(11)6-4-3-5-7-13-9-8-12-2/h10-11H,3-9H2,1-2H3. The molecule has 0 saturated carbocycles. The summed E-state index contributed by atoms with van der Waals surface area (Å²) in [6.07, 6.45) is 4.05. The number of methoxy groups -OCH3 is 1. The topological polar surface area (TPSA) is 38.7 Å². The van der Waals surface area contributed by atoms with Gasteiger partial charge >= 0.3 is 0 Å².